The van der Waals surface area contributed by atoms with Gasteiger partial charge in [-0.05, 0) is 132 Å². The molecule has 2 amide bonds. The van der Waals surface area contributed by atoms with Crippen molar-refractivity contribution in [3.05, 3.63) is 212 Å². The van der Waals surface area contributed by atoms with Gasteiger partial charge in [0.25, 0.3) is 11.8 Å². The maximum Gasteiger partial charge on any atom is 0.257 e. The number of methoxy groups -OCH3 is 2. The van der Waals surface area contributed by atoms with E-state index in [1.165, 1.54) is 61.9 Å². The molecule has 18 nitrogen and oxygen atoms in total. The molecule has 8 aromatic rings. The second-order valence-corrected chi connectivity index (χ2v) is 18.4. The van der Waals surface area contributed by atoms with Gasteiger partial charge in [-0.25, -0.2) is 34.6 Å². The third-order valence-corrected chi connectivity index (χ3v) is 13.2. The number of fused-ring (bicyclic) bond motifs is 4. The van der Waals surface area contributed by atoms with Gasteiger partial charge < -0.3 is 36.2 Å². The first-order chi connectivity index (χ1) is 37.9. The van der Waals surface area contributed by atoms with Gasteiger partial charge in [0.15, 0.2) is 16.7 Å². The molecule has 0 fully saturated rings. The molecule has 9 N–H and O–H groups in total. The van der Waals surface area contributed by atoms with E-state index in [-0.39, 0.29) is 63.4 Å². The topological polar surface area (TPSA) is 240 Å². The van der Waals surface area contributed by atoms with Crippen LogP contribution in [0, 0.1) is 11.6 Å². The quantitative estimate of drug-likeness (QED) is 0.0322. The number of ether oxygens (including phenoxy) is 2. The number of hydrazine groups is 2. The van der Waals surface area contributed by atoms with Crippen LogP contribution in [-0.4, -0.2) is 66.5 Å². The van der Waals surface area contributed by atoms with Crippen molar-refractivity contribution >= 4 is 93.1 Å². The number of amides is 2. The highest BCUT2D eigenvalue weighted by Gasteiger charge is 2.27. The summed E-state index contributed by atoms with van der Waals surface area (Å²) in [5, 5.41) is 12.5. The molecule has 2 unspecified atom stereocenters. The molecule has 0 spiro atoms. The van der Waals surface area contributed by atoms with E-state index < -0.39 is 11.9 Å². The fourth-order valence-electron chi connectivity index (χ4n) is 8.61. The zero-order valence-corrected chi connectivity index (χ0v) is 44.6. The number of pyridine rings is 6. The van der Waals surface area contributed by atoms with Crippen molar-refractivity contribution in [3.8, 4) is 11.8 Å². The highest BCUT2D eigenvalue weighted by molar-refractivity contribution is 7.80. The van der Waals surface area contributed by atoms with Gasteiger partial charge in [-0.2, -0.15) is 0 Å². The summed E-state index contributed by atoms with van der Waals surface area (Å²) in [5.41, 5.74) is 18.4. The van der Waals surface area contributed by atoms with Crippen molar-refractivity contribution < 1.29 is 27.8 Å². The first kappa shape index (κ1) is 58.1. The van der Waals surface area contributed by atoms with Crippen molar-refractivity contribution in [1.82, 2.24) is 46.0 Å². The van der Waals surface area contributed by atoms with E-state index in [9.17, 15) is 18.4 Å². The molecule has 79 heavy (non-hydrogen) atoms. The summed E-state index contributed by atoms with van der Waals surface area (Å²) >= 11 is 22.7. The third kappa shape index (κ3) is 14.2. The summed E-state index contributed by atoms with van der Waals surface area (Å²) in [6.07, 6.45) is 15.8. The van der Waals surface area contributed by atoms with Gasteiger partial charge in [-0.3, -0.25) is 30.4 Å². The Labute approximate surface area is 474 Å². The van der Waals surface area contributed by atoms with E-state index in [1.54, 1.807) is 67.4 Å². The molecular formula is C55H52Cl2F2N14O4S2. The Hall–Kier alpha value is -8.54. The number of carbonyl (C=O) groups is 2. The van der Waals surface area contributed by atoms with E-state index in [2.05, 4.69) is 67.4 Å². The predicted octanol–water partition coefficient (Wildman–Crippen LogP) is 9.87. The molecule has 0 radical (unpaired) electrons. The standard InChI is InChI=1S/C27H23ClFN7O2S.C15H13FN2S.C12H12ClN5O2.CH4/c1-38-26-22(6-3-10-31-26)33-25(37)16-12-20(28)24(32-13-16)35-36-27(39)34-23-18-4-2-5-21(29)17(18)8-7-15-9-11-30-14-19(15)23;16-14-3-1-2-12-11(14)5-4-10-6-7-17-8-13(10)15(12)18-9-19;1-20-12-9(3-2-4-15-12)17-11(19)7-5-8(13)10(18-14)16-6-7;/h2-6,9-14,23H,7-8H2,1H3,(H,32,35)(H,33,37)(H2,34,36,39);1-3,6-9,15H,4-5H2,(H,18,19);2-6H,14H2,1H3,(H,16,18)(H,17,19);1H4. The van der Waals surface area contributed by atoms with Crippen LogP contribution < -0.4 is 52.9 Å². The summed E-state index contributed by atoms with van der Waals surface area (Å²) in [6, 6.07) is 23.3. The second-order valence-electron chi connectivity index (χ2n) is 16.9. The summed E-state index contributed by atoms with van der Waals surface area (Å²) < 4.78 is 38.9. The Morgan fingerprint density at radius 2 is 1.14 bits per heavy atom. The summed E-state index contributed by atoms with van der Waals surface area (Å²) in [7, 11) is 2.93. The number of aryl methyl sites for hydroxylation is 2. The van der Waals surface area contributed by atoms with Crippen molar-refractivity contribution in [2.45, 2.75) is 45.2 Å². The number of nitrogens with one attached hydrogen (secondary N) is 7. The van der Waals surface area contributed by atoms with Crippen LogP contribution in [0.4, 0.5) is 31.8 Å². The second kappa shape index (κ2) is 27.7. The lowest BCUT2D eigenvalue weighted by atomic mass is 9.96. The Morgan fingerprint density at radius 3 is 1.62 bits per heavy atom. The van der Waals surface area contributed by atoms with E-state index in [4.69, 9.17) is 63.0 Å². The number of aromatic nitrogens is 6. The molecule has 0 saturated heterocycles. The molecule has 24 heteroatoms. The van der Waals surface area contributed by atoms with Crippen LogP contribution in [0.3, 0.4) is 0 Å². The maximum atomic E-state index is 14.7. The van der Waals surface area contributed by atoms with Crippen LogP contribution >= 0.6 is 47.6 Å². The maximum absolute atomic E-state index is 14.7. The highest BCUT2D eigenvalue weighted by Crippen LogP contribution is 2.35. The zero-order valence-electron chi connectivity index (χ0n) is 41.5. The summed E-state index contributed by atoms with van der Waals surface area (Å²) in [4.78, 5) is 49.4. The number of rotatable bonds is 12. The van der Waals surface area contributed by atoms with Crippen LogP contribution in [0.25, 0.3) is 0 Å². The number of nitrogens with zero attached hydrogens (tertiary/aromatic N) is 6. The largest absolute Gasteiger partial charge is 0.480 e. The molecule has 2 atom stereocenters. The van der Waals surface area contributed by atoms with Gasteiger partial charge in [0.2, 0.25) is 11.8 Å². The Balaban J connectivity index is 0.000000189. The van der Waals surface area contributed by atoms with Crippen molar-refractivity contribution in [3.63, 3.8) is 0 Å². The molecule has 6 aromatic heterocycles. The van der Waals surface area contributed by atoms with Gasteiger partial charge in [-0.15, -0.1) is 0 Å². The number of anilines is 4. The van der Waals surface area contributed by atoms with Gasteiger partial charge in [0.1, 0.15) is 23.0 Å². The van der Waals surface area contributed by atoms with Crippen LogP contribution in [0.2, 0.25) is 10.0 Å². The van der Waals surface area contributed by atoms with E-state index >= 15 is 0 Å². The lowest BCUT2D eigenvalue weighted by molar-refractivity contribution is 0.101. The molecule has 6 heterocycles. The van der Waals surface area contributed by atoms with E-state index in [0.29, 0.717) is 53.5 Å². The van der Waals surface area contributed by atoms with Crippen LogP contribution in [0.1, 0.15) is 84.7 Å². The Morgan fingerprint density at radius 1 is 0.646 bits per heavy atom. The SMILES string of the molecule is C.COc1ncccc1NC(=O)c1cnc(NN)c(Cl)c1.COc1ncccc1NC(=O)c1cnc(NNC(=S)NC2c3cnccc3CCc3c(F)cccc32)c(Cl)c1.Fc1cccc2c1CCc1ccncc1C2NC=S. The molecule has 0 bridgehead atoms. The molecule has 10 rings (SSSR count). The third-order valence-electron chi connectivity index (χ3n) is 12.3. The number of carbonyl (C=O) groups excluding carboxylic acids is 2. The molecule has 2 aliphatic rings. The predicted molar refractivity (Wildman–Crippen MR) is 310 cm³/mol. The van der Waals surface area contributed by atoms with Gasteiger partial charge in [-0.1, -0.05) is 67.1 Å². The summed E-state index contributed by atoms with van der Waals surface area (Å²) in [5.74, 6) is 5.16. The van der Waals surface area contributed by atoms with Crippen molar-refractivity contribution in [2.24, 2.45) is 5.84 Å². The number of benzene rings is 2. The zero-order chi connectivity index (χ0) is 55.1. The van der Waals surface area contributed by atoms with Crippen LogP contribution in [-0.2, 0) is 25.7 Å². The van der Waals surface area contributed by atoms with Crippen molar-refractivity contribution in [2.75, 3.05) is 35.7 Å². The number of halogens is 4. The molecular weight excluding hydrogens is 1090 g/mol. The number of hydrogen-bond donors (Lipinski definition) is 8. The number of nitrogens with two attached hydrogens (primary N) is 1. The average molecular weight is 1150 g/mol. The number of nitrogen functional groups attached to an aromatic ring is 1. The number of hydrogen-bond acceptors (Lipinski definition) is 15. The molecule has 2 aliphatic carbocycles. The number of thiocarbonyl (C=S) groups is 2. The fraction of sp³-hybridized carbons (Fsp3) is 0.164. The normalized spacial score (nSPS) is 13.4. The molecule has 406 valence electrons. The lowest BCUT2D eigenvalue weighted by Gasteiger charge is -2.23. The van der Waals surface area contributed by atoms with Crippen LogP contribution in [0.15, 0.2) is 135 Å². The average Bonchev–Trinajstić information content (AvgIpc) is 3.81. The lowest BCUT2D eigenvalue weighted by Crippen LogP contribution is -2.41. The van der Waals surface area contributed by atoms with E-state index in [0.717, 1.165) is 39.8 Å². The Bertz CT molecular complexity index is 3500. The highest BCUT2D eigenvalue weighted by atomic mass is 35.5. The Kier molecular flexibility index (Phi) is 20.4. The van der Waals surface area contributed by atoms with Crippen molar-refractivity contribution in [1.29, 1.82) is 0 Å². The smallest absolute Gasteiger partial charge is 0.257 e. The first-order valence-electron chi connectivity index (χ1n) is 23.7. The van der Waals surface area contributed by atoms with Crippen LogP contribution in [0.5, 0.6) is 11.8 Å². The minimum absolute atomic E-state index is 0. The van der Waals surface area contributed by atoms with Gasteiger partial charge in [0.05, 0.1) is 53.0 Å². The monoisotopic (exact) mass is 1140 g/mol. The molecule has 0 aliphatic heterocycles. The minimum atomic E-state index is -0.432. The van der Waals surface area contributed by atoms with Gasteiger partial charge >= 0.3 is 0 Å². The first-order valence-corrected chi connectivity index (χ1v) is 25.4. The fourth-order valence-corrected chi connectivity index (χ4v) is 9.35. The minimum Gasteiger partial charge on any atom is -0.480 e. The van der Waals surface area contributed by atoms with Gasteiger partial charge in [0, 0.05) is 60.7 Å². The molecule has 2 aromatic carbocycles. The summed E-state index contributed by atoms with van der Waals surface area (Å²) in [6.45, 7) is 0. The van der Waals surface area contributed by atoms with E-state index in [1.807, 2.05) is 30.5 Å². The molecule has 0 saturated carbocycles.